The van der Waals surface area contributed by atoms with Gasteiger partial charge in [-0.25, -0.2) is 4.57 Å². The first-order valence-electron chi connectivity index (χ1n) is 5.70. The molecule has 1 amide bonds. The van der Waals surface area contributed by atoms with Gasteiger partial charge in [-0.05, 0) is 6.92 Å². The average Bonchev–Trinajstić information content (AvgIpc) is 2.29. The molecule has 1 rings (SSSR count). The molecule has 1 aliphatic heterocycles. The number of nitrogens with one attached hydrogen (secondary N) is 1. The number of ether oxygens (including phenoxy) is 1. The second kappa shape index (κ2) is 5.62. The van der Waals surface area contributed by atoms with Crippen LogP contribution in [0.15, 0.2) is 0 Å². The first-order chi connectivity index (χ1) is 8.65. The van der Waals surface area contributed by atoms with Gasteiger partial charge in [0.15, 0.2) is 6.29 Å². The Labute approximate surface area is 104 Å². The van der Waals surface area contributed by atoms with Gasteiger partial charge in [-0.3, -0.25) is 9.32 Å². The van der Waals surface area contributed by atoms with Gasteiger partial charge in [0.25, 0.3) is 0 Å². The summed E-state index contributed by atoms with van der Waals surface area (Å²) in [5.74, 6) is -0.811. The van der Waals surface area contributed by atoms with Crippen molar-refractivity contribution in [1.29, 1.82) is 0 Å². The van der Waals surface area contributed by atoms with Crippen molar-refractivity contribution in [3.63, 3.8) is 0 Å². The summed E-state index contributed by atoms with van der Waals surface area (Å²) in [6.45, 7) is 0.712. The topological polar surface area (TPSA) is 146 Å². The zero-order valence-electron chi connectivity index (χ0n) is 10.5. The van der Waals surface area contributed by atoms with E-state index in [2.05, 4.69) is 9.84 Å². The first-order valence-corrected chi connectivity index (χ1v) is 6.53. The lowest BCUT2D eigenvalue weighted by Gasteiger charge is -2.41. The van der Waals surface area contributed by atoms with E-state index in [4.69, 9.17) is 15.9 Å². The summed E-state index contributed by atoms with van der Waals surface area (Å²) in [6, 6.07) is -1.39. The molecule has 0 aromatic rings. The highest BCUT2D eigenvalue weighted by molar-refractivity contribution is 7.46. The number of aliphatic hydroxyl groups excluding tert-OH is 2. The van der Waals surface area contributed by atoms with Crippen molar-refractivity contribution < 1.29 is 40.0 Å². The Morgan fingerprint density at radius 2 is 2.06 bits per heavy atom. The van der Waals surface area contributed by atoms with E-state index in [9.17, 15) is 19.6 Å². The van der Waals surface area contributed by atoms with Crippen LogP contribution >= 0.6 is 7.82 Å². The first kappa shape index (κ1) is 13.9. The van der Waals surface area contributed by atoms with E-state index in [1.807, 2.05) is 0 Å². The molecule has 5 N–H and O–H groups in total. The standard InChI is InChI=1S/C8H16NO8P/c1-3-6(11)7(12)5(9-4(2)10)8(16-3)17-18(13,14)15/h3,5-8,11-12H,1-2H3,(H,9,10)(H2,13,14,15)/t3-,5-,6+,7-,8?/m1/s1/i2D. The summed E-state index contributed by atoms with van der Waals surface area (Å²) >= 11 is 0. The third kappa shape index (κ3) is 3.99. The zero-order chi connectivity index (χ0) is 14.8. The Kier molecular flexibility index (Phi) is 4.33. The highest BCUT2D eigenvalue weighted by Gasteiger charge is 2.46. The van der Waals surface area contributed by atoms with E-state index in [0.29, 0.717) is 0 Å². The lowest BCUT2D eigenvalue weighted by molar-refractivity contribution is -0.236. The molecule has 1 saturated heterocycles. The van der Waals surface area contributed by atoms with Gasteiger partial charge in [0.1, 0.15) is 18.2 Å². The Morgan fingerprint density at radius 3 is 2.56 bits per heavy atom. The molecule has 106 valence electrons. The molecule has 0 aliphatic carbocycles. The van der Waals surface area contributed by atoms with E-state index in [1.54, 1.807) is 0 Å². The molecule has 0 saturated carbocycles. The second-order valence-electron chi connectivity index (χ2n) is 3.88. The molecule has 0 radical (unpaired) electrons. The van der Waals surface area contributed by atoms with Gasteiger partial charge >= 0.3 is 7.82 Å². The Hall–Kier alpha value is -0.540. The second-order valence-corrected chi connectivity index (χ2v) is 5.07. The van der Waals surface area contributed by atoms with Crippen LogP contribution in [0.3, 0.4) is 0 Å². The summed E-state index contributed by atoms with van der Waals surface area (Å²) in [4.78, 5) is 28.6. The van der Waals surface area contributed by atoms with Crippen LogP contribution in [-0.2, 0) is 18.6 Å². The molecule has 5 atom stereocenters. The highest BCUT2D eigenvalue weighted by Crippen LogP contribution is 2.40. The van der Waals surface area contributed by atoms with Gasteiger partial charge in [-0.2, -0.15) is 0 Å². The maximum Gasteiger partial charge on any atom is 0.472 e. The number of hydrogen-bond donors (Lipinski definition) is 5. The smallest absolute Gasteiger partial charge is 0.388 e. The molecular weight excluding hydrogens is 269 g/mol. The third-order valence-corrected chi connectivity index (χ3v) is 2.89. The Bertz CT molecular complexity index is 376. The SMILES string of the molecule is [2H]CC(=O)N[C@H]1C(OP(=O)(O)O)O[C@H](C)[C@H](O)[C@@H]1O. The number of hydrogen-bond acceptors (Lipinski definition) is 6. The van der Waals surface area contributed by atoms with Gasteiger partial charge < -0.3 is 30.1 Å². The highest BCUT2D eigenvalue weighted by atomic mass is 31.2. The minimum atomic E-state index is -4.91. The van der Waals surface area contributed by atoms with Gasteiger partial charge in [-0.15, -0.1) is 0 Å². The molecule has 1 unspecified atom stereocenters. The maximum absolute atomic E-state index is 11.1. The van der Waals surface area contributed by atoms with E-state index >= 15 is 0 Å². The Balaban J connectivity index is 2.88. The van der Waals surface area contributed by atoms with Crippen LogP contribution in [0.2, 0.25) is 0 Å². The molecule has 18 heavy (non-hydrogen) atoms. The Morgan fingerprint density at radius 1 is 1.44 bits per heavy atom. The summed E-state index contributed by atoms with van der Waals surface area (Å²) in [6.07, 6.45) is -5.50. The predicted octanol–water partition coefficient (Wildman–Crippen LogP) is -1.93. The van der Waals surface area contributed by atoms with Gasteiger partial charge in [-0.1, -0.05) is 0 Å². The fraction of sp³-hybridized carbons (Fsp3) is 0.875. The third-order valence-electron chi connectivity index (χ3n) is 2.41. The number of amides is 1. The van der Waals surface area contributed by atoms with Crippen LogP contribution in [0.5, 0.6) is 0 Å². The van der Waals surface area contributed by atoms with Crippen LogP contribution in [-0.4, -0.2) is 56.6 Å². The van der Waals surface area contributed by atoms with Crippen molar-refractivity contribution in [2.75, 3.05) is 0 Å². The van der Waals surface area contributed by atoms with Crippen molar-refractivity contribution in [2.45, 2.75) is 44.5 Å². The monoisotopic (exact) mass is 286 g/mol. The largest absolute Gasteiger partial charge is 0.472 e. The van der Waals surface area contributed by atoms with Crippen molar-refractivity contribution in [1.82, 2.24) is 5.32 Å². The normalized spacial score (nSPS) is 38.1. The fourth-order valence-corrected chi connectivity index (χ4v) is 2.04. The summed E-state index contributed by atoms with van der Waals surface area (Å²) < 4.78 is 27.0. The van der Waals surface area contributed by atoms with Gasteiger partial charge in [0.05, 0.1) is 6.10 Å². The summed E-state index contributed by atoms with van der Waals surface area (Å²) in [5, 5.41) is 21.5. The molecule has 1 heterocycles. The number of aliphatic hydroxyl groups is 2. The molecule has 1 aliphatic rings. The van der Waals surface area contributed by atoms with Crippen molar-refractivity contribution in [3.8, 4) is 0 Å². The molecule has 9 nitrogen and oxygen atoms in total. The molecule has 0 aromatic carbocycles. The number of phosphoric ester groups is 1. The van der Waals surface area contributed by atoms with E-state index in [1.165, 1.54) is 6.92 Å². The van der Waals surface area contributed by atoms with Crippen molar-refractivity contribution >= 4 is 13.7 Å². The quantitative estimate of drug-likeness (QED) is 0.377. The van der Waals surface area contributed by atoms with Crippen molar-refractivity contribution in [2.24, 2.45) is 0 Å². The van der Waals surface area contributed by atoms with Gasteiger partial charge in [0, 0.05) is 8.27 Å². The van der Waals surface area contributed by atoms with Crippen LogP contribution in [0, 0.1) is 0 Å². The van der Waals surface area contributed by atoms with Crippen LogP contribution in [0.25, 0.3) is 0 Å². The average molecular weight is 286 g/mol. The van der Waals surface area contributed by atoms with E-state index < -0.39 is 51.3 Å². The van der Waals surface area contributed by atoms with Gasteiger partial charge in [0.2, 0.25) is 5.91 Å². The zero-order valence-corrected chi connectivity index (χ0v) is 10.4. The summed E-state index contributed by atoms with van der Waals surface area (Å²) in [5.41, 5.74) is 0. The van der Waals surface area contributed by atoms with Crippen LogP contribution in [0.1, 0.15) is 15.2 Å². The predicted molar refractivity (Wildman–Crippen MR) is 57.1 cm³/mol. The summed E-state index contributed by atoms with van der Waals surface area (Å²) in [7, 11) is -4.91. The molecule has 0 aromatic heterocycles. The minimum Gasteiger partial charge on any atom is -0.388 e. The number of carbonyl (C=O) groups is 1. The fourth-order valence-electron chi connectivity index (χ4n) is 1.59. The lowest BCUT2D eigenvalue weighted by atomic mass is 9.98. The maximum atomic E-state index is 11.1. The van der Waals surface area contributed by atoms with Crippen LogP contribution < -0.4 is 5.32 Å². The number of rotatable bonds is 3. The number of carbonyl (C=O) groups excluding carboxylic acids is 1. The minimum absolute atomic E-state index is 0.655. The van der Waals surface area contributed by atoms with Crippen molar-refractivity contribution in [3.05, 3.63) is 0 Å². The van der Waals surface area contributed by atoms with E-state index in [0.717, 1.165) is 0 Å². The lowest BCUT2D eigenvalue weighted by Crippen LogP contribution is -2.63. The molecule has 0 spiro atoms. The molecule has 10 heteroatoms. The molecular formula is C8H16NO8P. The molecule has 1 fully saturated rings. The number of phosphoric acid groups is 1. The van der Waals surface area contributed by atoms with E-state index in [-0.39, 0.29) is 0 Å². The molecule has 0 bridgehead atoms. The van der Waals surface area contributed by atoms with Crippen LogP contribution in [0.4, 0.5) is 0 Å².